The number of hydrogen-bond donors (Lipinski definition) is 4. The molecule has 1 unspecified atom stereocenters. The number of carbonyl (C=O) groups excluding carboxylic acids is 1. The second-order valence-corrected chi connectivity index (χ2v) is 2.32. The molecule has 0 radical (unpaired) electrons. The molecule has 1 aliphatic heterocycles. The third kappa shape index (κ3) is 1.21. The summed E-state index contributed by atoms with van der Waals surface area (Å²) >= 11 is 0. The first-order valence-corrected chi connectivity index (χ1v) is 3.29. The lowest BCUT2D eigenvalue weighted by Crippen LogP contribution is -2.42. The Morgan fingerprint density at radius 1 is 1.83 bits per heavy atom. The first kappa shape index (κ1) is 8.47. The molecule has 1 atom stereocenters. The fourth-order valence-electron chi connectivity index (χ4n) is 0.973. The SMILES string of the molecule is CC1=NN/C(=N\N)C1C(=O)NN. The number of carbonyl (C=O) groups is 1. The van der Waals surface area contributed by atoms with Gasteiger partial charge in [0, 0.05) is 0 Å². The third-order valence-electron chi connectivity index (χ3n) is 1.58. The van der Waals surface area contributed by atoms with Crippen molar-refractivity contribution in [2.75, 3.05) is 0 Å². The Hall–Kier alpha value is -1.63. The number of nitrogens with zero attached hydrogens (tertiary/aromatic N) is 2. The van der Waals surface area contributed by atoms with E-state index in [1.807, 2.05) is 5.43 Å². The average molecular weight is 170 g/mol. The Morgan fingerprint density at radius 2 is 2.50 bits per heavy atom. The molecule has 0 spiro atoms. The van der Waals surface area contributed by atoms with Crippen molar-refractivity contribution in [2.45, 2.75) is 6.92 Å². The minimum Gasteiger partial charge on any atom is -0.321 e. The standard InChI is InChI=1S/C5H10N6O/c1-2-3(5(12)9-7)4(8-6)11-10-2/h3H,6-7H2,1H3,(H,8,11)(H,9,12). The number of amides is 1. The summed E-state index contributed by atoms with van der Waals surface area (Å²) in [5.74, 6) is 9.30. The van der Waals surface area contributed by atoms with Crippen molar-refractivity contribution in [2.24, 2.45) is 27.8 Å². The Balaban J connectivity index is 2.85. The summed E-state index contributed by atoms with van der Waals surface area (Å²) in [5.41, 5.74) is 5.11. The molecule has 1 aliphatic rings. The van der Waals surface area contributed by atoms with Crippen LogP contribution in [0.3, 0.4) is 0 Å². The third-order valence-corrected chi connectivity index (χ3v) is 1.58. The molecule has 66 valence electrons. The fourth-order valence-corrected chi connectivity index (χ4v) is 0.973. The zero-order valence-electron chi connectivity index (χ0n) is 6.53. The Bertz CT molecular complexity index is 257. The smallest absolute Gasteiger partial charge is 0.250 e. The van der Waals surface area contributed by atoms with Crippen LogP contribution >= 0.6 is 0 Å². The van der Waals surface area contributed by atoms with E-state index in [0.29, 0.717) is 11.5 Å². The van der Waals surface area contributed by atoms with Gasteiger partial charge in [-0.3, -0.25) is 15.6 Å². The van der Waals surface area contributed by atoms with Gasteiger partial charge in [0.05, 0.1) is 5.71 Å². The first-order valence-electron chi connectivity index (χ1n) is 3.29. The van der Waals surface area contributed by atoms with Crippen molar-refractivity contribution >= 4 is 17.5 Å². The van der Waals surface area contributed by atoms with Crippen molar-refractivity contribution in [1.29, 1.82) is 0 Å². The molecule has 1 amide bonds. The molecule has 0 saturated carbocycles. The van der Waals surface area contributed by atoms with Crippen molar-refractivity contribution in [3.05, 3.63) is 0 Å². The largest absolute Gasteiger partial charge is 0.321 e. The number of hydrazine groups is 1. The molecule has 0 aromatic heterocycles. The summed E-state index contributed by atoms with van der Waals surface area (Å²) in [6.07, 6.45) is 0. The molecule has 7 heteroatoms. The van der Waals surface area contributed by atoms with Crippen molar-refractivity contribution in [3.63, 3.8) is 0 Å². The topological polar surface area (TPSA) is 118 Å². The van der Waals surface area contributed by atoms with E-state index in [0.717, 1.165) is 0 Å². The van der Waals surface area contributed by atoms with Gasteiger partial charge in [0.25, 0.3) is 5.91 Å². The van der Waals surface area contributed by atoms with Crippen molar-refractivity contribution < 1.29 is 4.79 Å². The van der Waals surface area contributed by atoms with Gasteiger partial charge in [-0.2, -0.15) is 10.2 Å². The van der Waals surface area contributed by atoms with Gasteiger partial charge in [-0.25, -0.2) is 5.84 Å². The molecule has 0 aliphatic carbocycles. The lowest BCUT2D eigenvalue weighted by Gasteiger charge is -2.06. The average Bonchev–Trinajstić information content (AvgIpc) is 2.45. The summed E-state index contributed by atoms with van der Waals surface area (Å²) in [4.78, 5) is 11.1. The van der Waals surface area contributed by atoms with Crippen LogP contribution in [0.1, 0.15) is 6.92 Å². The number of hydrazone groups is 2. The molecule has 0 saturated heterocycles. The number of rotatable bonds is 1. The molecular formula is C5H10N6O. The summed E-state index contributed by atoms with van der Waals surface area (Å²) in [6, 6.07) is 0. The van der Waals surface area contributed by atoms with Crippen LogP contribution in [-0.4, -0.2) is 17.5 Å². The van der Waals surface area contributed by atoms with Crippen LogP contribution in [0.25, 0.3) is 0 Å². The molecule has 6 N–H and O–H groups in total. The van der Waals surface area contributed by atoms with E-state index < -0.39 is 5.92 Å². The van der Waals surface area contributed by atoms with E-state index in [1.54, 1.807) is 6.92 Å². The molecule has 0 fully saturated rings. The highest BCUT2D eigenvalue weighted by Crippen LogP contribution is 2.07. The zero-order chi connectivity index (χ0) is 9.14. The highest BCUT2D eigenvalue weighted by molar-refractivity contribution is 6.23. The van der Waals surface area contributed by atoms with Gasteiger partial charge in [0.2, 0.25) is 0 Å². The maximum atomic E-state index is 11.1. The van der Waals surface area contributed by atoms with Crippen LogP contribution in [0.5, 0.6) is 0 Å². The van der Waals surface area contributed by atoms with Crippen LogP contribution in [0.2, 0.25) is 0 Å². The van der Waals surface area contributed by atoms with Crippen LogP contribution in [0, 0.1) is 5.92 Å². The van der Waals surface area contributed by atoms with Crippen LogP contribution in [0.4, 0.5) is 0 Å². The molecule has 1 rings (SSSR count). The van der Waals surface area contributed by atoms with Gasteiger partial charge in [-0.05, 0) is 6.92 Å². The summed E-state index contributed by atoms with van der Waals surface area (Å²) in [7, 11) is 0. The molecule has 0 aromatic carbocycles. The molecule has 1 heterocycles. The zero-order valence-corrected chi connectivity index (χ0v) is 6.53. The second kappa shape index (κ2) is 3.18. The van der Waals surface area contributed by atoms with Gasteiger partial charge in [-0.1, -0.05) is 0 Å². The van der Waals surface area contributed by atoms with Crippen molar-refractivity contribution in [3.8, 4) is 0 Å². The Labute approximate surface area is 68.8 Å². The van der Waals surface area contributed by atoms with E-state index in [4.69, 9.17) is 11.7 Å². The van der Waals surface area contributed by atoms with Gasteiger partial charge in [-0.15, -0.1) is 0 Å². The van der Waals surface area contributed by atoms with Crippen molar-refractivity contribution in [1.82, 2.24) is 10.9 Å². The maximum absolute atomic E-state index is 11.1. The first-order chi connectivity index (χ1) is 5.70. The molecule has 0 aromatic rings. The molecular weight excluding hydrogens is 160 g/mol. The van der Waals surface area contributed by atoms with E-state index >= 15 is 0 Å². The summed E-state index contributed by atoms with van der Waals surface area (Å²) in [6.45, 7) is 1.69. The van der Waals surface area contributed by atoms with Gasteiger partial charge in [0.1, 0.15) is 5.92 Å². The highest BCUT2D eigenvalue weighted by Gasteiger charge is 2.31. The fraction of sp³-hybridized carbons (Fsp3) is 0.400. The second-order valence-electron chi connectivity index (χ2n) is 2.32. The van der Waals surface area contributed by atoms with E-state index in [1.165, 1.54) is 0 Å². The van der Waals surface area contributed by atoms with E-state index in [2.05, 4.69) is 15.6 Å². The summed E-state index contributed by atoms with van der Waals surface area (Å²) < 4.78 is 0. The highest BCUT2D eigenvalue weighted by atomic mass is 16.2. The van der Waals surface area contributed by atoms with E-state index in [9.17, 15) is 4.79 Å². The maximum Gasteiger partial charge on any atom is 0.250 e. The monoisotopic (exact) mass is 170 g/mol. The van der Waals surface area contributed by atoms with Gasteiger partial charge >= 0.3 is 0 Å². The number of amidine groups is 1. The normalized spacial score (nSPS) is 25.0. The van der Waals surface area contributed by atoms with Gasteiger partial charge < -0.3 is 5.84 Å². The number of hydrogen-bond acceptors (Lipinski definition) is 5. The predicted octanol–water partition coefficient (Wildman–Crippen LogP) is -2.16. The van der Waals surface area contributed by atoms with Crippen LogP contribution < -0.4 is 22.5 Å². The lowest BCUT2D eigenvalue weighted by molar-refractivity contribution is -0.121. The Kier molecular flexibility index (Phi) is 2.24. The summed E-state index contributed by atoms with van der Waals surface area (Å²) in [5, 5.41) is 7.14. The number of nitrogens with two attached hydrogens (primary N) is 2. The van der Waals surface area contributed by atoms with Crippen LogP contribution in [-0.2, 0) is 4.79 Å². The predicted molar refractivity (Wildman–Crippen MR) is 43.7 cm³/mol. The number of nitrogens with one attached hydrogen (secondary N) is 2. The van der Waals surface area contributed by atoms with Crippen LogP contribution in [0.15, 0.2) is 10.2 Å². The molecule has 7 nitrogen and oxygen atoms in total. The quantitative estimate of drug-likeness (QED) is 0.204. The molecule has 0 bridgehead atoms. The van der Waals surface area contributed by atoms with Gasteiger partial charge in [0.15, 0.2) is 5.84 Å². The molecule has 12 heavy (non-hydrogen) atoms. The van der Waals surface area contributed by atoms with E-state index in [-0.39, 0.29) is 5.91 Å². The lowest BCUT2D eigenvalue weighted by atomic mass is 10.0. The Morgan fingerprint density at radius 3 is 3.00 bits per heavy atom. The minimum atomic E-state index is -0.583. The minimum absolute atomic E-state index is 0.301.